The molecule has 4 aromatic rings. The number of carbonyl (C=O) groups excluding carboxylic acids is 2. The molecular formula is C43H51N7O6. The van der Waals surface area contributed by atoms with Crippen LogP contribution in [0.15, 0.2) is 72.8 Å². The number of hydrogen-bond donors (Lipinski definition) is 0. The molecule has 2 atom stereocenters. The van der Waals surface area contributed by atoms with Gasteiger partial charge >= 0.3 is 18.2 Å². The molecular weight excluding hydrogens is 711 g/mol. The van der Waals surface area contributed by atoms with Gasteiger partial charge in [0.05, 0.1) is 49.5 Å². The Labute approximate surface area is 328 Å². The molecule has 3 aromatic carbocycles. The van der Waals surface area contributed by atoms with Crippen LogP contribution in [0.5, 0.6) is 6.01 Å². The number of carbonyl (C=O) groups is 2. The maximum atomic E-state index is 13.3. The van der Waals surface area contributed by atoms with E-state index in [2.05, 4.69) is 52.3 Å². The lowest BCUT2D eigenvalue weighted by Gasteiger charge is -2.45. The number of hydrogen-bond acceptors (Lipinski definition) is 11. The van der Waals surface area contributed by atoms with Gasteiger partial charge in [-0.25, -0.2) is 9.59 Å². The van der Waals surface area contributed by atoms with Gasteiger partial charge in [-0.1, -0.05) is 66.7 Å². The first kappa shape index (κ1) is 38.7. The molecule has 2 saturated heterocycles. The first-order valence-corrected chi connectivity index (χ1v) is 19.4. The minimum absolute atomic E-state index is 0.124. The lowest BCUT2D eigenvalue weighted by Crippen LogP contribution is -2.60. The average molecular weight is 762 g/mol. The number of amides is 2. The van der Waals surface area contributed by atoms with Crippen molar-refractivity contribution < 1.29 is 28.5 Å². The van der Waals surface area contributed by atoms with E-state index >= 15 is 0 Å². The van der Waals surface area contributed by atoms with Crippen LogP contribution < -0.4 is 14.5 Å². The number of rotatable bonds is 8. The Bertz CT molecular complexity index is 2080. The molecule has 1 aromatic heterocycles. The van der Waals surface area contributed by atoms with Crippen molar-refractivity contribution in [3.63, 3.8) is 0 Å². The number of benzene rings is 3. The van der Waals surface area contributed by atoms with Gasteiger partial charge < -0.3 is 33.6 Å². The molecule has 0 bridgehead atoms. The Hall–Kier alpha value is -5.61. The summed E-state index contributed by atoms with van der Waals surface area (Å²) in [5.41, 5.74) is 2.71. The number of aromatic nitrogens is 2. The van der Waals surface area contributed by atoms with Gasteiger partial charge in [-0.2, -0.15) is 15.2 Å². The van der Waals surface area contributed by atoms with E-state index < -0.39 is 35.5 Å². The maximum absolute atomic E-state index is 13.3. The predicted octanol–water partition coefficient (Wildman–Crippen LogP) is 6.73. The fourth-order valence-corrected chi connectivity index (χ4v) is 7.58. The third-order valence-electron chi connectivity index (χ3n) is 10.5. The van der Waals surface area contributed by atoms with Gasteiger partial charge in [-0.3, -0.25) is 4.90 Å². The van der Waals surface area contributed by atoms with Gasteiger partial charge in [-0.05, 0) is 58.1 Å². The monoisotopic (exact) mass is 761 g/mol. The molecule has 7 rings (SSSR count). The number of fused-ring (bicyclic) bond motifs is 2. The van der Waals surface area contributed by atoms with Gasteiger partial charge in [0, 0.05) is 42.8 Å². The van der Waals surface area contributed by atoms with Crippen molar-refractivity contribution in [2.24, 2.45) is 0 Å². The van der Waals surface area contributed by atoms with E-state index in [9.17, 15) is 14.9 Å². The molecule has 4 heterocycles. The summed E-state index contributed by atoms with van der Waals surface area (Å²) < 4.78 is 24.0. The Kier molecular flexibility index (Phi) is 11.2. The minimum Gasteiger partial charge on any atom is -0.461 e. The minimum atomic E-state index is -0.634. The van der Waals surface area contributed by atoms with Crippen LogP contribution in [0.4, 0.5) is 21.1 Å². The second kappa shape index (κ2) is 16.2. The summed E-state index contributed by atoms with van der Waals surface area (Å²) in [7, 11) is 0. The SMILES string of the molecule is CC(C)(C)OC(=O)N1C[C@H](COc2nc3c(c(N4CCN(C(=O)OCc5ccccc5)[C@@H](CC#N)C4)n2)CCN(c2cccc4ccccc24)C3)OCC1(C)C. The highest BCUT2D eigenvalue weighted by atomic mass is 16.6. The first-order chi connectivity index (χ1) is 26.9. The summed E-state index contributed by atoms with van der Waals surface area (Å²) in [6, 6.07) is 26.4. The van der Waals surface area contributed by atoms with Gasteiger partial charge in [0.25, 0.3) is 0 Å². The van der Waals surface area contributed by atoms with E-state index in [1.54, 1.807) is 9.80 Å². The second-order valence-electron chi connectivity index (χ2n) is 16.3. The standard InChI is InChI=1S/C43H51N7O6/c1-42(2,3)56-41(52)50-25-33(55-29-43(50,4)5)28-53-39-45-36-26-47(37-17-11-15-31-14-9-10-16-34(31)37)21-19-35(36)38(46-39)48-22-23-49(32(24-48)18-20-44)40(51)54-27-30-12-7-6-8-13-30/h6-17,32-33H,18-19,21-29H2,1-5H3/t32-,33+/m0/s1. The van der Waals surface area contributed by atoms with E-state index in [0.717, 1.165) is 34.9 Å². The van der Waals surface area contributed by atoms with Crippen LogP contribution >= 0.6 is 0 Å². The Morgan fingerprint density at radius 1 is 0.929 bits per heavy atom. The fourth-order valence-electron chi connectivity index (χ4n) is 7.58. The van der Waals surface area contributed by atoms with E-state index in [0.29, 0.717) is 39.2 Å². The molecule has 13 nitrogen and oxygen atoms in total. The summed E-state index contributed by atoms with van der Waals surface area (Å²) in [4.78, 5) is 44.4. The molecule has 294 valence electrons. The van der Waals surface area contributed by atoms with E-state index in [-0.39, 0.29) is 32.2 Å². The first-order valence-electron chi connectivity index (χ1n) is 19.4. The number of ether oxygens (including phenoxy) is 4. The number of nitriles is 1. The lowest BCUT2D eigenvalue weighted by atomic mass is 10.0. The molecule has 0 aliphatic carbocycles. The Balaban J connectivity index is 1.14. The smallest absolute Gasteiger partial charge is 0.410 e. The molecule has 3 aliphatic rings. The molecule has 0 saturated carbocycles. The topological polar surface area (TPSA) is 134 Å². The Morgan fingerprint density at radius 3 is 2.48 bits per heavy atom. The highest BCUT2D eigenvalue weighted by Gasteiger charge is 2.41. The Morgan fingerprint density at radius 2 is 1.70 bits per heavy atom. The van der Waals surface area contributed by atoms with Crippen LogP contribution in [-0.2, 0) is 33.8 Å². The summed E-state index contributed by atoms with van der Waals surface area (Å²) in [5.74, 6) is 0.740. The van der Waals surface area contributed by atoms with Crippen LogP contribution in [0.2, 0.25) is 0 Å². The average Bonchev–Trinajstić information content (AvgIpc) is 3.18. The maximum Gasteiger partial charge on any atom is 0.410 e. The molecule has 13 heteroatoms. The zero-order valence-corrected chi connectivity index (χ0v) is 32.9. The van der Waals surface area contributed by atoms with Crippen molar-refractivity contribution in [1.82, 2.24) is 19.8 Å². The number of anilines is 2. The lowest BCUT2D eigenvalue weighted by molar-refractivity contribution is -0.109. The fraction of sp³-hybridized carbons (Fsp3) is 0.465. The second-order valence-corrected chi connectivity index (χ2v) is 16.3. The van der Waals surface area contributed by atoms with Crippen molar-refractivity contribution in [2.45, 2.75) is 83.9 Å². The highest BCUT2D eigenvalue weighted by molar-refractivity contribution is 5.94. The number of piperazine rings is 1. The van der Waals surface area contributed by atoms with Crippen molar-refractivity contribution in [3.05, 3.63) is 89.6 Å². The van der Waals surface area contributed by atoms with Crippen LogP contribution in [0, 0.1) is 11.3 Å². The third-order valence-corrected chi connectivity index (χ3v) is 10.5. The van der Waals surface area contributed by atoms with E-state index in [1.807, 2.05) is 71.0 Å². The molecule has 0 spiro atoms. The molecule has 0 N–H and O–H groups in total. The summed E-state index contributed by atoms with van der Waals surface area (Å²) in [6.07, 6.45) is -0.430. The van der Waals surface area contributed by atoms with Crippen molar-refractivity contribution in [1.29, 1.82) is 5.26 Å². The van der Waals surface area contributed by atoms with Crippen LogP contribution in [-0.4, -0.2) is 101 Å². The quantitative estimate of drug-likeness (QED) is 0.189. The van der Waals surface area contributed by atoms with Crippen LogP contribution in [0.3, 0.4) is 0 Å². The number of nitrogens with zero attached hydrogens (tertiary/aromatic N) is 7. The summed E-state index contributed by atoms with van der Waals surface area (Å²) in [5, 5.41) is 12.2. The van der Waals surface area contributed by atoms with Gasteiger partial charge in [0.2, 0.25) is 0 Å². The largest absolute Gasteiger partial charge is 0.461 e. The zero-order valence-electron chi connectivity index (χ0n) is 32.9. The summed E-state index contributed by atoms with van der Waals surface area (Å²) >= 11 is 0. The van der Waals surface area contributed by atoms with Gasteiger partial charge in [-0.15, -0.1) is 0 Å². The molecule has 2 fully saturated rings. The molecule has 2 amide bonds. The molecule has 0 unspecified atom stereocenters. The normalized spacial score (nSPS) is 19.6. The van der Waals surface area contributed by atoms with Crippen molar-refractivity contribution in [3.8, 4) is 12.1 Å². The van der Waals surface area contributed by atoms with Crippen molar-refractivity contribution >= 4 is 34.5 Å². The predicted molar refractivity (Wildman–Crippen MR) is 213 cm³/mol. The van der Waals surface area contributed by atoms with Gasteiger partial charge in [0.1, 0.15) is 30.7 Å². The van der Waals surface area contributed by atoms with E-state index in [4.69, 9.17) is 28.9 Å². The van der Waals surface area contributed by atoms with Crippen LogP contribution in [0.25, 0.3) is 10.8 Å². The van der Waals surface area contributed by atoms with Gasteiger partial charge in [0.15, 0.2) is 0 Å². The highest BCUT2D eigenvalue weighted by Crippen LogP contribution is 2.35. The van der Waals surface area contributed by atoms with E-state index in [1.165, 1.54) is 10.8 Å². The van der Waals surface area contributed by atoms with Crippen LogP contribution in [0.1, 0.15) is 57.9 Å². The summed E-state index contributed by atoms with van der Waals surface area (Å²) in [6.45, 7) is 12.9. The molecule has 0 radical (unpaired) electrons. The molecule has 56 heavy (non-hydrogen) atoms. The third kappa shape index (κ3) is 8.76. The number of morpholine rings is 1. The molecule has 3 aliphatic heterocycles. The zero-order chi connectivity index (χ0) is 39.5. The van der Waals surface area contributed by atoms with Crippen molar-refractivity contribution in [2.75, 3.05) is 55.7 Å².